The van der Waals surface area contributed by atoms with Gasteiger partial charge in [-0.1, -0.05) is 6.92 Å². The third-order valence-electron chi connectivity index (χ3n) is 3.23. The van der Waals surface area contributed by atoms with E-state index in [4.69, 9.17) is 10.5 Å². The van der Waals surface area contributed by atoms with Crippen LogP contribution in [0.4, 0.5) is 0 Å². The van der Waals surface area contributed by atoms with Crippen LogP contribution in [0.5, 0.6) is 5.75 Å². The molecule has 0 unspecified atom stereocenters. The Bertz CT molecular complexity index is 611. The van der Waals surface area contributed by atoms with Crippen LogP contribution in [0.1, 0.15) is 36.7 Å². The Kier molecular flexibility index (Phi) is 7.03. The molecule has 3 N–H and O–H groups in total. The Morgan fingerprint density at radius 2 is 2.09 bits per heavy atom. The number of nitrogens with one attached hydrogen (secondary N) is 1. The second-order valence-electron chi connectivity index (χ2n) is 5.16. The van der Waals surface area contributed by atoms with E-state index in [1.807, 2.05) is 24.3 Å². The summed E-state index contributed by atoms with van der Waals surface area (Å²) in [6, 6.07) is 7.79. The number of ether oxygens (including phenoxy) is 1. The van der Waals surface area contributed by atoms with Crippen molar-refractivity contribution in [2.75, 3.05) is 19.7 Å². The average Bonchev–Trinajstić information content (AvgIpc) is 3.07. The van der Waals surface area contributed by atoms with Gasteiger partial charge >= 0.3 is 0 Å². The highest BCUT2D eigenvalue weighted by Crippen LogP contribution is 2.25. The highest BCUT2D eigenvalue weighted by Gasteiger charge is 2.11. The topological polar surface area (TPSA) is 77.2 Å². The van der Waals surface area contributed by atoms with Crippen molar-refractivity contribution in [1.29, 1.82) is 0 Å². The molecule has 0 fully saturated rings. The fourth-order valence-electron chi connectivity index (χ4n) is 1.99. The number of hydrogen-bond donors (Lipinski definition) is 2. The van der Waals surface area contributed by atoms with E-state index in [1.165, 1.54) is 11.3 Å². The number of amides is 1. The molecule has 0 aliphatic carbocycles. The fraction of sp³-hybridized carbons (Fsp3) is 0.412. The van der Waals surface area contributed by atoms with Gasteiger partial charge in [0.05, 0.1) is 6.61 Å². The van der Waals surface area contributed by atoms with Crippen molar-refractivity contribution in [2.45, 2.75) is 26.2 Å². The van der Waals surface area contributed by atoms with Crippen LogP contribution in [-0.2, 0) is 0 Å². The Labute approximate surface area is 140 Å². The van der Waals surface area contributed by atoms with E-state index in [2.05, 4.69) is 17.2 Å². The van der Waals surface area contributed by atoms with Crippen molar-refractivity contribution in [3.63, 3.8) is 0 Å². The van der Waals surface area contributed by atoms with Crippen LogP contribution in [0, 0.1) is 0 Å². The van der Waals surface area contributed by atoms with Gasteiger partial charge in [0.15, 0.2) is 0 Å². The lowest BCUT2D eigenvalue weighted by Gasteiger charge is -2.04. The van der Waals surface area contributed by atoms with E-state index in [-0.39, 0.29) is 5.91 Å². The predicted molar refractivity (Wildman–Crippen MR) is 94.0 cm³/mol. The molecule has 1 aromatic heterocycles. The van der Waals surface area contributed by atoms with Crippen LogP contribution in [0.3, 0.4) is 0 Å². The monoisotopic (exact) mass is 333 g/mol. The molecule has 6 heteroatoms. The first-order valence-corrected chi connectivity index (χ1v) is 8.79. The predicted octanol–water partition coefficient (Wildman–Crippen LogP) is 3.07. The van der Waals surface area contributed by atoms with Crippen molar-refractivity contribution >= 4 is 17.2 Å². The second kappa shape index (κ2) is 9.27. The zero-order chi connectivity index (χ0) is 16.5. The van der Waals surface area contributed by atoms with Crippen molar-refractivity contribution < 1.29 is 9.53 Å². The first kappa shape index (κ1) is 17.4. The number of aromatic nitrogens is 1. The summed E-state index contributed by atoms with van der Waals surface area (Å²) in [5.74, 6) is 0.720. The summed E-state index contributed by atoms with van der Waals surface area (Å²) in [4.78, 5) is 16.4. The summed E-state index contributed by atoms with van der Waals surface area (Å²) in [6.45, 7) is 4.07. The summed E-state index contributed by atoms with van der Waals surface area (Å²) < 4.78 is 5.56. The summed E-state index contributed by atoms with van der Waals surface area (Å²) >= 11 is 1.47. The lowest BCUT2D eigenvalue weighted by molar-refractivity contribution is 0.0949. The molecule has 1 aromatic carbocycles. The van der Waals surface area contributed by atoms with Crippen molar-refractivity contribution in [3.05, 3.63) is 35.3 Å². The zero-order valence-electron chi connectivity index (χ0n) is 13.4. The summed E-state index contributed by atoms with van der Waals surface area (Å²) in [5.41, 5.74) is 6.88. The minimum Gasteiger partial charge on any atom is -0.494 e. The highest BCUT2D eigenvalue weighted by molar-refractivity contribution is 7.13. The van der Waals surface area contributed by atoms with Crippen LogP contribution in [0.2, 0.25) is 0 Å². The quantitative estimate of drug-likeness (QED) is 0.691. The van der Waals surface area contributed by atoms with Gasteiger partial charge < -0.3 is 15.8 Å². The molecule has 0 radical (unpaired) electrons. The first-order valence-electron chi connectivity index (χ1n) is 7.91. The normalized spacial score (nSPS) is 10.5. The van der Waals surface area contributed by atoms with E-state index < -0.39 is 0 Å². The van der Waals surface area contributed by atoms with E-state index in [9.17, 15) is 4.79 Å². The third-order valence-corrected chi connectivity index (χ3v) is 4.12. The smallest absolute Gasteiger partial charge is 0.270 e. The lowest BCUT2D eigenvalue weighted by Crippen LogP contribution is -2.25. The molecular formula is C17H23N3O2S. The average molecular weight is 333 g/mol. The van der Waals surface area contributed by atoms with Crippen LogP contribution in [0.25, 0.3) is 10.6 Å². The molecule has 2 aromatic rings. The molecule has 0 aliphatic rings. The van der Waals surface area contributed by atoms with E-state index >= 15 is 0 Å². The van der Waals surface area contributed by atoms with Gasteiger partial charge in [0, 0.05) is 17.5 Å². The van der Waals surface area contributed by atoms with E-state index in [0.717, 1.165) is 35.6 Å². The Morgan fingerprint density at radius 3 is 2.78 bits per heavy atom. The fourth-order valence-corrected chi connectivity index (χ4v) is 2.79. The molecule has 0 saturated heterocycles. The van der Waals surface area contributed by atoms with Crippen LogP contribution in [0.15, 0.2) is 29.6 Å². The Balaban J connectivity index is 1.94. The second-order valence-corrected chi connectivity index (χ2v) is 6.02. The molecule has 0 saturated carbocycles. The van der Waals surface area contributed by atoms with Gasteiger partial charge in [0.1, 0.15) is 16.5 Å². The van der Waals surface area contributed by atoms with Gasteiger partial charge in [-0.05, 0) is 50.1 Å². The number of hydrogen-bond acceptors (Lipinski definition) is 5. The first-order chi connectivity index (χ1) is 11.2. The van der Waals surface area contributed by atoms with Gasteiger partial charge in [-0.3, -0.25) is 4.79 Å². The highest BCUT2D eigenvalue weighted by atomic mass is 32.1. The largest absolute Gasteiger partial charge is 0.494 e. The minimum absolute atomic E-state index is 0.132. The molecule has 0 atom stereocenters. The number of unbranched alkanes of at least 4 members (excludes halogenated alkanes) is 1. The van der Waals surface area contributed by atoms with Crippen LogP contribution in [-0.4, -0.2) is 30.6 Å². The zero-order valence-corrected chi connectivity index (χ0v) is 14.2. The van der Waals surface area contributed by atoms with Gasteiger partial charge in [0.25, 0.3) is 5.91 Å². The summed E-state index contributed by atoms with van der Waals surface area (Å²) in [7, 11) is 0. The van der Waals surface area contributed by atoms with Gasteiger partial charge in [-0.2, -0.15) is 0 Å². The van der Waals surface area contributed by atoms with Gasteiger partial charge in [-0.15, -0.1) is 11.3 Å². The number of nitrogens with two attached hydrogens (primary N) is 1. The number of carbonyl (C=O) groups is 1. The maximum Gasteiger partial charge on any atom is 0.270 e. The summed E-state index contributed by atoms with van der Waals surface area (Å²) in [5, 5.41) is 5.48. The molecule has 2 rings (SSSR count). The minimum atomic E-state index is -0.132. The third kappa shape index (κ3) is 5.33. The van der Waals surface area contributed by atoms with Crippen LogP contribution < -0.4 is 15.8 Å². The molecule has 23 heavy (non-hydrogen) atoms. The van der Waals surface area contributed by atoms with Gasteiger partial charge in [0.2, 0.25) is 0 Å². The summed E-state index contributed by atoms with van der Waals surface area (Å²) in [6.07, 6.45) is 2.78. The standard InChI is InChI=1S/C17H23N3O2S/c1-2-11-22-14-7-5-13(6-8-14)17-20-15(12-23-17)16(21)19-10-4-3-9-18/h5-8,12H,2-4,9-11,18H2,1H3,(H,19,21). The number of thiazole rings is 1. The lowest BCUT2D eigenvalue weighted by atomic mass is 10.2. The number of nitrogens with zero attached hydrogens (tertiary/aromatic N) is 1. The van der Waals surface area contributed by atoms with Crippen molar-refractivity contribution in [1.82, 2.24) is 10.3 Å². The number of rotatable bonds is 9. The Hall–Kier alpha value is -1.92. The molecule has 124 valence electrons. The molecule has 0 spiro atoms. The molecule has 0 bridgehead atoms. The molecule has 0 aliphatic heterocycles. The van der Waals surface area contributed by atoms with Crippen molar-refractivity contribution in [2.24, 2.45) is 5.73 Å². The maximum absolute atomic E-state index is 12.0. The van der Waals surface area contributed by atoms with Crippen LogP contribution >= 0.6 is 11.3 Å². The molecule has 1 amide bonds. The van der Waals surface area contributed by atoms with Crippen molar-refractivity contribution in [3.8, 4) is 16.3 Å². The molecule has 5 nitrogen and oxygen atoms in total. The molecule has 1 heterocycles. The maximum atomic E-state index is 12.0. The van der Waals surface area contributed by atoms with E-state index in [1.54, 1.807) is 5.38 Å². The Morgan fingerprint density at radius 1 is 1.30 bits per heavy atom. The SMILES string of the molecule is CCCOc1ccc(-c2nc(C(=O)NCCCCN)cs2)cc1. The van der Waals surface area contributed by atoms with Gasteiger partial charge in [-0.25, -0.2) is 4.98 Å². The van der Waals surface area contributed by atoms with E-state index in [0.29, 0.717) is 25.4 Å². The molecular weight excluding hydrogens is 310 g/mol. The number of carbonyl (C=O) groups excluding carboxylic acids is 1. The number of benzene rings is 1.